The molecule has 0 saturated heterocycles. The van der Waals surface area contributed by atoms with Crippen molar-refractivity contribution in [1.29, 1.82) is 0 Å². The van der Waals surface area contributed by atoms with Gasteiger partial charge in [0.05, 0.1) is 4.90 Å². The molecule has 108 valence electrons. The highest BCUT2D eigenvalue weighted by Gasteiger charge is 2.18. The van der Waals surface area contributed by atoms with Gasteiger partial charge in [0, 0.05) is 18.8 Å². The van der Waals surface area contributed by atoms with Gasteiger partial charge in [-0.2, -0.15) is 0 Å². The highest BCUT2D eigenvalue weighted by Crippen LogP contribution is 2.18. The van der Waals surface area contributed by atoms with Gasteiger partial charge >= 0.3 is 0 Å². The van der Waals surface area contributed by atoms with Crippen molar-refractivity contribution in [3.05, 3.63) is 24.3 Å². The first-order valence-corrected chi connectivity index (χ1v) is 7.66. The molecule has 0 radical (unpaired) electrons. The van der Waals surface area contributed by atoms with Crippen LogP contribution in [0.3, 0.4) is 0 Å². The Bertz CT molecular complexity index is 507. The standard InChI is InChI=1S/C13H23N3O2S/c1-13(2,10-16(3)4)9-15-11-5-7-12(8-6-11)19(14,17)18/h5-8,15H,9-10H2,1-4H3,(H2,14,17,18). The van der Waals surface area contributed by atoms with Gasteiger partial charge in [0.25, 0.3) is 0 Å². The van der Waals surface area contributed by atoms with Crippen LogP contribution in [-0.2, 0) is 10.0 Å². The van der Waals surface area contributed by atoms with E-state index in [1.807, 2.05) is 14.1 Å². The van der Waals surface area contributed by atoms with Crippen LogP contribution >= 0.6 is 0 Å². The van der Waals surface area contributed by atoms with Gasteiger partial charge in [-0.1, -0.05) is 13.8 Å². The molecule has 0 heterocycles. The number of primary sulfonamides is 1. The fraction of sp³-hybridized carbons (Fsp3) is 0.538. The van der Waals surface area contributed by atoms with Crippen LogP contribution < -0.4 is 10.5 Å². The van der Waals surface area contributed by atoms with Crippen molar-refractivity contribution in [3.63, 3.8) is 0 Å². The number of nitrogens with zero attached hydrogens (tertiary/aromatic N) is 1. The van der Waals surface area contributed by atoms with Gasteiger partial charge in [-0.3, -0.25) is 0 Å². The third kappa shape index (κ3) is 5.59. The van der Waals surface area contributed by atoms with Crippen LogP contribution in [0.5, 0.6) is 0 Å². The van der Waals surface area contributed by atoms with Crippen LogP contribution in [0, 0.1) is 5.41 Å². The summed E-state index contributed by atoms with van der Waals surface area (Å²) >= 11 is 0. The number of nitrogens with two attached hydrogens (primary N) is 1. The Balaban J connectivity index is 2.64. The lowest BCUT2D eigenvalue weighted by Gasteiger charge is -2.28. The Kier molecular flexibility index (Phi) is 4.95. The van der Waals surface area contributed by atoms with Crippen molar-refractivity contribution in [2.24, 2.45) is 10.6 Å². The van der Waals surface area contributed by atoms with E-state index in [1.54, 1.807) is 12.1 Å². The number of anilines is 1. The first-order chi connectivity index (χ1) is 8.60. The molecule has 1 aromatic carbocycles. The maximum atomic E-state index is 11.1. The molecule has 0 unspecified atom stereocenters. The smallest absolute Gasteiger partial charge is 0.238 e. The summed E-state index contributed by atoms with van der Waals surface area (Å²) in [6.45, 7) is 6.13. The van der Waals surface area contributed by atoms with Gasteiger partial charge in [0.1, 0.15) is 0 Å². The van der Waals surface area contributed by atoms with E-state index < -0.39 is 10.0 Å². The zero-order valence-electron chi connectivity index (χ0n) is 12.0. The largest absolute Gasteiger partial charge is 0.384 e. The Labute approximate surface area is 115 Å². The van der Waals surface area contributed by atoms with E-state index in [0.717, 1.165) is 18.8 Å². The molecule has 0 aliphatic heterocycles. The summed E-state index contributed by atoms with van der Waals surface area (Å²) in [5.74, 6) is 0. The molecule has 0 saturated carbocycles. The van der Waals surface area contributed by atoms with Gasteiger partial charge in [-0.25, -0.2) is 13.6 Å². The molecule has 0 aromatic heterocycles. The summed E-state index contributed by atoms with van der Waals surface area (Å²) in [4.78, 5) is 2.27. The lowest BCUT2D eigenvalue weighted by atomic mass is 9.93. The van der Waals surface area contributed by atoms with Gasteiger partial charge in [-0.15, -0.1) is 0 Å². The average Bonchev–Trinajstić information content (AvgIpc) is 2.24. The monoisotopic (exact) mass is 285 g/mol. The van der Waals surface area contributed by atoms with Crippen LogP contribution in [0.1, 0.15) is 13.8 Å². The number of rotatable bonds is 6. The first-order valence-electron chi connectivity index (χ1n) is 6.12. The summed E-state index contributed by atoms with van der Waals surface area (Å²) in [5, 5.41) is 8.36. The van der Waals surface area contributed by atoms with Crippen LogP contribution in [0.2, 0.25) is 0 Å². The predicted octanol–water partition coefficient (Wildman–Crippen LogP) is 1.33. The first kappa shape index (κ1) is 15.9. The maximum absolute atomic E-state index is 11.1. The fourth-order valence-corrected chi connectivity index (χ4v) is 2.53. The quantitative estimate of drug-likeness (QED) is 0.827. The molecule has 0 atom stereocenters. The van der Waals surface area contributed by atoms with Crippen LogP contribution in [-0.4, -0.2) is 40.5 Å². The molecule has 1 aromatic rings. The number of sulfonamides is 1. The van der Waals surface area contributed by atoms with Crippen molar-refractivity contribution in [1.82, 2.24) is 4.90 Å². The molecule has 1 rings (SSSR count). The second-order valence-corrected chi connectivity index (χ2v) is 7.39. The van der Waals surface area contributed by atoms with E-state index in [2.05, 4.69) is 24.1 Å². The molecule has 19 heavy (non-hydrogen) atoms. The van der Waals surface area contributed by atoms with E-state index in [9.17, 15) is 8.42 Å². The Morgan fingerprint density at radius 1 is 1.21 bits per heavy atom. The average molecular weight is 285 g/mol. The number of nitrogens with one attached hydrogen (secondary N) is 1. The zero-order valence-corrected chi connectivity index (χ0v) is 12.8. The highest BCUT2D eigenvalue weighted by molar-refractivity contribution is 7.89. The van der Waals surface area contributed by atoms with Gasteiger partial charge in [-0.05, 0) is 43.8 Å². The summed E-state index contributed by atoms with van der Waals surface area (Å²) in [5.41, 5.74) is 1.02. The van der Waals surface area contributed by atoms with Crippen LogP contribution in [0.15, 0.2) is 29.2 Å². The third-order valence-electron chi connectivity index (χ3n) is 2.70. The minimum Gasteiger partial charge on any atom is -0.384 e. The summed E-state index contributed by atoms with van der Waals surface area (Å²) in [6.07, 6.45) is 0. The second-order valence-electron chi connectivity index (χ2n) is 5.82. The molecular formula is C13H23N3O2S. The molecule has 0 amide bonds. The fourth-order valence-electron chi connectivity index (χ4n) is 2.02. The van der Waals surface area contributed by atoms with E-state index in [1.165, 1.54) is 12.1 Å². The SMILES string of the molecule is CN(C)CC(C)(C)CNc1ccc(S(N)(=O)=O)cc1. The highest BCUT2D eigenvalue weighted by atomic mass is 32.2. The zero-order chi connectivity index (χ0) is 14.7. The molecular weight excluding hydrogens is 262 g/mol. The van der Waals surface area contributed by atoms with E-state index in [4.69, 9.17) is 5.14 Å². The molecule has 0 aliphatic carbocycles. The molecule has 0 bridgehead atoms. The second kappa shape index (κ2) is 5.90. The summed E-state index contributed by atoms with van der Waals surface area (Å²) in [7, 11) is 0.475. The minimum atomic E-state index is -3.61. The van der Waals surface area contributed by atoms with Crippen LogP contribution in [0.25, 0.3) is 0 Å². The third-order valence-corrected chi connectivity index (χ3v) is 3.63. The molecule has 0 aliphatic rings. The van der Waals surface area contributed by atoms with Crippen molar-refractivity contribution in [2.45, 2.75) is 18.7 Å². The van der Waals surface area contributed by atoms with Gasteiger partial charge in [0.15, 0.2) is 0 Å². The van der Waals surface area contributed by atoms with Gasteiger partial charge < -0.3 is 10.2 Å². The number of hydrogen-bond donors (Lipinski definition) is 2. The summed E-state index contributed by atoms with van der Waals surface area (Å²) < 4.78 is 22.3. The van der Waals surface area contributed by atoms with Crippen molar-refractivity contribution in [3.8, 4) is 0 Å². The summed E-state index contributed by atoms with van der Waals surface area (Å²) in [6, 6.07) is 6.48. The molecule has 3 N–H and O–H groups in total. The molecule has 0 spiro atoms. The van der Waals surface area contributed by atoms with Crippen molar-refractivity contribution >= 4 is 15.7 Å². The Morgan fingerprint density at radius 3 is 2.16 bits per heavy atom. The van der Waals surface area contributed by atoms with Crippen LogP contribution in [0.4, 0.5) is 5.69 Å². The lowest BCUT2D eigenvalue weighted by Crippen LogP contribution is -2.34. The van der Waals surface area contributed by atoms with E-state index in [-0.39, 0.29) is 10.3 Å². The molecule has 0 fully saturated rings. The van der Waals surface area contributed by atoms with E-state index >= 15 is 0 Å². The topological polar surface area (TPSA) is 75.4 Å². The lowest BCUT2D eigenvalue weighted by molar-refractivity contribution is 0.254. The minimum absolute atomic E-state index is 0.127. The normalized spacial score (nSPS) is 12.7. The maximum Gasteiger partial charge on any atom is 0.238 e. The number of hydrogen-bond acceptors (Lipinski definition) is 4. The number of benzene rings is 1. The van der Waals surface area contributed by atoms with E-state index in [0.29, 0.717) is 0 Å². The van der Waals surface area contributed by atoms with Crippen molar-refractivity contribution < 1.29 is 8.42 Å². The van der Waals surface area contributed by atoms with Crippen molar-refractivity contribution in [2.75, 3.05) is 32.5 Å². The predicted molar refractivity (Wildman–Crippen MR) is 78.6 cm³/mol. The molecule has 5 nitrogen and oxygen atoms in total. The molecule has 6 heteroatoms. The van der Waals surface area contributed by atoms with Gasteiger partial charge in [0.2, 0.25) is 10.0 Å². The Hall–Kier alpha value is -1.11. The Morgan fingerprint density at radius 2 is 1.74 bits per heavy atom.